The van der Waals surface area contributed by atoms with Crippen molar-refractivity contribution in [2.24, 2.45) is 0 Å². The molecule has 3 heteroatoms. The smallest absolute Gasteiger partial charge is 0.270 e. The highest BCUT2D eigenvalue weighted by atomic mass is 16.1. The number of rotatable bonds is 2. The van der Waals surface area contributed by atoms with Crippen molar-refractivity contribution < 1.29 is 0 Å². The number of nitrogens with zero attached hydrogens (tertiary/aromatic N) is 1. The Morgan fingerprint density at radius 3 is 2.13 bits per heavy atom. The first-order chi connectivity index (χ1) is 6.79. The number of aryl methyl sites for hydroxylation is 1. The molecule has 86 valence electrons. The fourth-order valence-corrected chi connectivity index (χ4v) is 1.89. The fraction of sp³-hybridized carbons (Fsp3) is 0.750. The lowest BCUT2D eigenvalue weighted by molar-refractivity contribution is 0.507. The van der Waals surface area contributed by atoms with Gasteiger partial charge in [-0.05, 0) is 25.7 Å². The molecule has 1 heterocycles. The van der Waals surface area contributed by atoms with Gasteiger partial charge in [0.15, 0.2) is 0 Å². The predicted molar refractivity (Wildman–Crippen MR) is 63.5 cm³/mol. The van der Waals surface area contributed by atoms with E-state index in [2.05, 4.69) is 32.8 Å². The Kier molecular flexibility index (Phi) is 3.12. The second-order valence-electron chi connectivity index (χ2n) is 5.34. The van der Waals surface area contributed by atoms with Gasteiger partial charge in [0.1, 0.15) is 0 Å². The lowest BCUT2D eigenvalue weighted by Crippen LogP contribution is -2.27. The van der Waals surface area contributed by atoms with Crippen LogP contribution in [-0.4, -0.2) is 9.78 Å². The highest BCUT2D eigenvalue weighted by Crippen LogP contribution is 2.22. The molecular weight excluding hydrogens is 188 g/mol. The summed E-state index contributed by atoms with van der Waals surface area (Å²) in [5.41, 5.74) is 2.05. The molecule has 0 amide bonds. The zero-order valence-electron chi connectivity index (χ0n) is 10.6. The summed E-state index contributed by atoms with van der Waals surface area (Å²) in [4.78, 5) is 12.2. The molecule has 0 fully saturated rings. The van der Waals surface area contributed by atoms with Gasteiger partial charge in [-0.2, -0.15) is 0 Å². The Bertz CT molecular complexity index is 391. The van der Waals surface area contributed by atoms with Crippen LogP contribution in [0, 0.1) is 0 Å². The maximum atomic E-state index is 12.2. The quantitative estimate of drug-likeness (QED) is 0.800. The van der Waals surface area contributed by atoms with E-state index in [1.165, 1.54) is 0 Å². The van der Waals surface area contributed by atoms with E-state index in [1.807, 2.05) is 13.8 Å². The van der Waals surface area contributed by atoms with Gasteiger partial charge in [0.05, 0.1) is 0 Å². The molecule has 0 saturated carbocycles. The molecule has 15 heavy (non-hydrogen) atoms. The van der Waals surface area contributed by atoms with Crippen LogP contribution in [0.5, 0.6) is 0 Å². The lowest BCUT2D eigenvalue weighted by Gasteiger charge is -2.16. The number of hydrogen-bond donors (Lipinski definition) is 1. The van der Waals surface area contributed by atoms with Gasteiger partial charge in [0, 0.05) is 17.3 Å². The minimum Gasteiger partial charge on any atom is -0.299 e. The maximum Gasteiger partial charge on any atom is 0.270 e. The Morgan fingerprint density at radius 1 is 1.33 bits per heavy atom. The maximum absolute atomic E-state index is 12.2. The van der Waals surface area contributed by atoms with Crippen molar-refractivity contribution in [3.8, 4) is 0 Å². The second-order valence-corrected chi connectivity index (χ2v) is 5.34. The molecule has 0 radical (unpaired) electrons. The summed E-state index contributed by atoms with van der Waals surface area (Å²) in [6.07, 6.45) is 0.877. The Morgan fingerprint density at radius 2 is 1.87 bits per heavy atom. The van der Waals surface area contributed by atoms with E-state index in [9.17, 15) is 4.79 Å². The van der Waals surface area contributed by atoms with Crippen LogP contribution in [0.15, 0.2) is 4.79 Å². The summed E-state index contributed by atoms with van der Waals surface area (Å²) < 4.78 is 1.72. The first kappa shape index (κ1) is 12.1. The van der Waals surface area contributed by atoms with Crippen LogP contribution in [0.4, 0.5) is 0 Å². The van der Waals surface area contributed by atoms with Gasteiger partial charge in [0.2, 0.25) is 0 Å². The predicted octanol–water partition coefficient (Wildman–Crippen LogP) is 2.62. The topological polar surface area (TPSA) is 37.8 Å². The first-order valence-electron chi connectivity index (χ1n) is 5.62. The molecule has 0 spiro atoms. The molecule has 0 bridgehead atoms. The summed E-state index contributed by atoms with van der Waals surface area (Å²) in [5.74, 6) is 0. The van der Waals surface area contributed by atoms with Crippen LogP contribution in [0.3, 0.4) is 0 Å². The van der Waals surface area contributed by atoms with Gasteiger partial charge in [-0.1, -0.05) is 27.7 Å². The standard InChI is InChI=1S/C12H22N2O/c1-7-9-10(12(4,5)6)11(15)14(13-9)8(2)3/h8,13H,7H2,1-6H3. The zero-order valence-corrected chi connectivity index (χ0v) is 10.6. The van der Waals surface area contributed by atoms with Crippen LogP contribution in [0.2, 0.25) is 0 Å². The minimum absolute atomic E-state index is 0.0843. The van der Waals surface area contributed by atoms with Crippen molar-refractivity contribution in [3.05, 3.63) is 21.6 Å². The van der Waals surface area contributed by atoms with E-state index in [1.54, 1.807) is 4.68 Å². The molecule has 0 aliphatic carbocycles. The van der Waals surface area contributed by atoms with Crippen molar-refractivity contribution in [3.63, 3.8) is 0 Å². The van der Waals surface area contributed by atoms with Crippen LogP contribution in [0.1, 0.15) is 58.8 Å². The third-order valence-corrected chi connectivity index (χ3v) is 2.61. The van der Waals surface area contributed by atoms with Crippen molar-refractivity contribution in [1.82, 2.24) is 9.78 Å². The first-order valence-corrected chi connectivity index (χ1v) is 5.62. The number of aromatic amines is 1. The summed E-state index contributed by atoms with van der Waals surface area (Å²) >= 11 is 0. The van der Waals surface area contributed by atoms with Crippen molar-refractivity contribution in [2.45, 2.75) is 59.4 Å². The van der Waals surface area contributed by atoms with Crippen molar-refractivity contribution in [1.29, 1.82) is 0 Å². The lowest BCUT2D eigenvalue weighted by atomic mass is 9.86. The molecular formula is C12H22N2O. The molecule has 0 aliphatic rings. The van der Waals surface area contributed by atoms with E-state index >= 15 is 0 Å². The Labute approximate surface area is 91.5 Å². The number of H-pyrrole nitrogens is 1. The van der Waals surface area contributed by atoms with E-state index in [4.69, 9.17) is 0 Å². The SMILES string of the molecule is CCc1[nH]n(C(C)C)c(=O)c1C(C)(C)C. The van der Waals surface area contributed by atoms with E-state index < -0.39 is 0 Å². The highest BCUT2D eigenvalue weighted by Gasteiger charge is 2.25. The number of nitrogens with one attached hydrogen (secondary N) is 1. The minimum atomic E-state index is -0.0843. The summed E-state index contributed by atoms with van der Waals surface area (Å²) in [6, 6.07) is 0.193. The summed E-state index contributed by atoms with van der Waals surface area (Å²) in [5, 5.41) is 3.21. The van der Waals surface area contributed by atoms with E-state index in [0.717, 1.165) is 17.7 Å². The normalized spacial score (nSPS) is 12.5. The Balaban J connectivity index is 3.44. The second kappa shape index (κ2) is 3.87. The van der Waals surface area contributed by atoms with Crippen LogP contribution in [0.25, 0.3) is 0 Å². The summed E-state index contributed by atoms with van der Waals surface area (Å²) in [7, 11) is 0. The average molecular weight is 210 g/mol. The fourth-order valence-electron chi connectivity index (χ4n) is 1.89. The van der Waals surface area contributed by atoms with Gasteiger partial charge in [-0.3, -0.25) is 14.6 Å². The zero-order chi connectivity index (χ0) is 11.8. The van der Waals surface area contributed by atoms with Crippen LogP contribution >= 0.6 is 0 Å². The molecule has 0 aliphatic heterocycles. The monoisotopic (exact) mass is 210 g/mol. The largest absolute Gasteiger partial charge is 0.299 e. The molecule has 0 saturated heterocycles. The van der Waals surface area contributed by atoms with Gasteiger partial charge in [-0.25, -0.2) is 0 Å². The molecule has 3 nitrogen and oxygen atoms in total. The van der Waals surface area contributed by atoms with Crippen molar-refractivity contribution in [2.75, 3.05) is 0 Å². The van der Waals surface area contributed by atoms with Crippen LogP contribution in [-0.2, 0) is 11.8 Å². The van der Waals surface area contributed by atoms with Crippen molar-refractivity contribution >= 4 is 0 Å². The molecule has 0 atom stereocenters. The van der Waals surface area contributed by atoms with Gasteiger partial charge >= 0.3 is 0 Å². The third kappa shape index (κ3) is 2.16. The average Bonchev–Trinajstić information content (AvgIpc) is 2.41. The molecule has 1 aromatic heterocycles. The van der Waals surface area contributed by atoms with E-state index in [0.29, 0.717) is 0 Å². The molecule has 1 rings (SSSR count). The number of hydrogen-bond acceptors (Lipinski definition) is 1. The molecule has 0 aromatic carbocycles. The molecule has 0 unspecified atom stereocenters. The van der Waals surface area contributed by atoms with Crippen LogP contribution < -0.4 is 5.56 Å². The third-order valence-electron chi connectivity index (χ3n) is 2.61. The highest BCUT2D eigenvalue weighted by molar-refractivity contribution is 5.25. The van der Waals surface area contributed by atoms with Gasteiger partial charge in [-0.15, -0.1) is 0 Å². The summed E-state index contributed by atoms with van der Waals surface area (Å²) in [6.45, 7) is 12.4. The van der Waals surface area contributed by atoms with Gasteiger partial charge in [0.25, 0.3) is 5.56 Å². The molecule has 1 N–H and O–H groups in total. The van der Waals surface area contributed by atoms with Gasteiger partial charge < -0.3 is 0 Å². The molecule has 1 aromatic rings. The number of aromatic nitrogens is 2. The van der Waals surface area contributed by atoms with E-state index in [-0.39, 0.29) is 17.0 Å². The Hall–Kier alpha value is -0.990.